The van der Waals surface area contributed by atoms with Gasteiger partial charge in [0.25, 0.3) is 0 Å². The maximum absolute atomic E-state index is 14.9. The van der Waals surface area contributed by atoms with Crippen molar-refractivity contribution >= 4 is 16.3 Å². The van der Waals surface area contributed by atoms with Crippen LogP contribution in [-0.2, 0) is 5.41 Å². The number of hydrogen-bond donors (Lipinski definition) is 0. The van der Waals surface area contributed by atoms with E-state index < -0.39 is 0 Å². The molecule has 2 aromatic rings. The standard InChI is InChI=1S/C22H22FN.C5H12.C2H6/c1-4-5-7-14-10-11-17(23)20-19(14)21-18-15(12-13-24-21)8-6-9-16(18)22(20,2)3;1-4-5(2)3;1-2/h4-6,8-9,11-14H,7,10H2,1-3H3;5H,4H2,1-3H3;1-2H3. The lowest BCUT2D eigenvalue weighted by molar-refractivity contribution is 0.524. The Hall–Kier alpha value is -2.22. The predicted molar refractivity (Wildman–Crippen MR) is 135 cm³/mol. The number of benzene rings is 1. The fourth-order valence-electron chi connectivity index (χ4n) is 4.35. The van der Waals surface area contributed by atoms with Gasteiger partial charge in [0.05, 0.1) is 5.69 Å². The van der Waals surface area contributed by atoms with Crippen molar-refractivity contribution in [1.29, 1.82) is 0 Å². The molecule has 2 heteroatoms. The van der Waals surface area contributed by atoms with Gasteiger partial charge >= 0.3 is 0 Å². The summed E-state index contributed by atoms with van der Waals surface area (Å²) < 4.78 is 14.9. The molecule has 1 nitrogen and oxygen atoms in total. The van der Waals surface area contributed by atoms with Crippen LogP contribution < -0.4 is 0 Å². The molecule has 0 aliphatic heterocycles. The zero-order valence-corrected chi connectivity index (χ0v) is 20.7. The fourth-order valence-corrected chi connectivity index (χ4v) is 4.35. The molecule has 0 N–H and O–H groups in total. The van der Waals surface area contributed by atoms with Crippen LogP contribution in [0.4, 0.5) is 4.39 Å². The Balaban J connectivity index is 0.000000432. The van der Waals surface area contributed by atoms with Crippen LogP contribution in [0.25, 0.3) is 16.3 Å². The summed E-state index contributed by atoms with van der Waals surface area (Å²) in [6.45, 7) is 17.0. The Kier molecular flexibility index (Phi) is 8.79. The second kappa shape index (κ2) is 10.9. The average molecular weight is 422 g/mol. The molecule has 1 atom stereocenters. The number of rotatable bonds is 3. The van der Waals surface area contributed by atoms with Crippen LogP contribution in [0, 0.1) is 11.8 Å². The smallest absolute Gasteiger partial charge is 0.123 e. The maximum Gasteiger partial charge on any atom is 0.123 e. The number of aromatic nitrogens is 1. The van der Waals surface area contributed by atoms with Crippen molar-refractivity contribution < 1.29 is 4.39 Å². The molecule has 0 saturated carbocycles. The van der Waals surface area contributed by atoms with Crippen molar-refractivity contribution in [1.82, 2.24) is 4.98 Å². The Morgan fingerprint density at radius 2 is 1.87 bits per heavy atom. The molecule has 1 heterocycles. The Morgan fingerprint density at radius 1 is 1.19 bits per heavy atom. The minimum Gasteiger partial charge on any atom is -0.256 e. The molecule has 2 aliphatic rings. The van der Waals surface area contributed by atoms with Crippen LogP contribution in [0.1, 0.15) is 85.9 Å². The minimum atomic E-state index is -0.347. The van der Waals surface area contributed by atoms with Gasteiger partial charge in [0.1, 0.15) is 5.83 Å². The van der Waals surface area contributed by atoms with Gasteiger partial charge < -0.3 is 0 Å². The third-order valence-corrected chi connectivity index (χ3v) is 6.32. The largest absolute Gasteiger partial charge is 0.256 e. The van der Waals surface area contributed by atoms with Crippen molar-refractivity contribution in [3.05, 3.63) is 71.3 Å². The molecular formula is C29H40FN. The predicted octanol–water partition coefficient (Wildman–Crippen LogP) is 9.20. The van der Waals surface area contributed by atoms with Crippen LogP contribution in [-0.4, -0.2) is 4.98 Å². The fraction of sp³-hybridized carbons (Fsp3) is 0.483. The van der Waals surface area contributed by atoms with E-state index in [0.29, 0.717) is 5.92 Å². The average Bonchev–Trinajstić information content (AvgIpc) is 2.78. The molecule has 0 fully saturated rings. The maximum atomic E-state index is 14.9. The van der Waals surface area contributed by atoms with Crippen LogP contribution in [0.5, 0.6) is 0 Å². The molecule has 1 aromatic carbocycles. The van der Waals surface area contributed by atoms with E-state index in [9.17, 15) is 4.39 Å². The molecule has 168 valence electrons. The highest BCUT2D eigenvalue weighted by atomic mass is 19.1. The van der Waals surface area contributed by atoms with Gasteiger partial charge in [-0.15, -0.1) is 0 Å². The van der Waals surface area contributed by atoms with Crippen molar-refractivity contribution in [2.75, 3.05) is 0 Å². The summed E-state index contributed by atoms with van der Waals surface area (Å²) >= 11 is 0. The summed E-state index contributed by atoms with van der Waals surface area (Å²) in [5, 5.41) is 2.39. The zero-order chi connectivity index (χ0) is 23.2. The number of halogens is 1. The van der Waals surface area contributed by atoms with E-state index in [-0.39, 0.29) is 11.2 Å². The van der Waals surface area contributed by atoms with Crippen LogP contribution >= 0.6 is 0 Å². The number of allylic oxidation sites excluding steroid dienone is 6. The summed E-state index contributed by atoms with van der Waals surface area (Å²) in [6, 6.07) is 8.37. The first-order valence-electron chi connectivity index (χ1n) is 11.9. The first-order chi connectivity index (χ1) is 14.8. The number of nitrogens with zero attached hydrogens (tertiary/aromatic N) is 1. The van der Waals surface area contributed by atoms with Gasteiger partial charge in [-0.25, -0.2) is 4.39 Å². The summed E-state index contributed by atoms with van der Waals surface area (Å²) in [6.07, 6.45) is 10.8. The lowest BCUT2D eigenvalue weighted by atomic mass is 9.64. The number of pyridine rings is 1. The number of hydrogen-bond acceptors (Lipinski definition) is 1. The topological polar surface area (TPSA) is 12.9 Å². The summed E-state index contributed by atoms with van der Waals surface area (Å²) in [5.41, 5.74) is 3.76. The SMILES string of the molecule is CC.CC=CCC1CC=C(F)C2=C1c1nccc3cccc(c13)C2(C)C.CCC(C)C. The third kappa shape index (κ3) is 5.00. The summed E-state index contributed by atoms with van der Waals surface area (Å²) in [4.78, 5) is 4.70. The second-order valence-corrected chi connectivity index (χ2v) is 9.07. The lowest BCUT2D eigenvalue weighted by Gasteiger charge is -2.40. The molecule has 1 aromatic heterocycles. The highest BCUT2D eigenvalue weighted by molar-refractivity contribution is 6.00. The highest BCUT2D eigenvalue weighted by Crippen LogP contribution is 2.53. The van der Waals surface area contributed by atoms with Crippen molar-refractivity contribution in [2.45, 2.75) is 80.1 Å². The molecule has 0 radical (unpaired) electrons. The van der Waals surface area contributed by atoms with E-state index in [0.717, 1.165) is 35.6 Å². The minimum absolute atomic E-state index is 0.0694. The van der Waals surface area contributed by atoms with Gasteiger partial charge in [-0.1, -0.05) is 85.2 Å². The van der Waals surface area contributed by atoms with E-state index >= 15 is 0 Å². The molecule has 0 bridgehead atoms. The Morgan fingerprint density at radius 3 is 2.48 bits per heavy atom. The van der Waals surface area contributed by atoms with Crippen molar-refractivity contribution in [3.63, 3.8) is 0 Å². The Labute approximate surface area is 189 Å². The summed E-state index contributed by atoms with van der Waals surface area (Å²) in [7, 11) is 0. The van der Waals surface area contributed by atoms with Crippen LogP contribution in [0.2, 0.25) is 0 Å². The molecule has 1 unspecified atom stereocenters. The van der Waals surface area contributed by atoms with Crippen molar-refractivity contribution in [3.8, 4) is 0 Å². The third-order valence-electron chi connectivity index (χ3n) is 6.32. The van der Waals surface area contributed by atoms with Crippen LogP contribution in [0.3, 0.4) is 0 Å². The quantitative estimate of drug-likeness (QED) is 0.450. The van der Waals surface area contributed by atoms with E-state index in [1.165, 1.54) is 22.8 Å². The summed E-state index contributed by atoms with van der Waals surface area (Å²) in [5.74, 6) is 1.11. The van der Waals surface area contributed by atoms with Crippen LogP contribution in [0.15, 0.2) is 60.1 Å². The van der Waals surface area contributed by atoms with Gasteiger partial charge in [0.15, 0.2) is 0 Å². The molecule has 4 rings (SSSR count). The van der Waals surface area contributed by atoms with E-state index in [4.69, 9.17) is 4.98 Å². The molecule has 2 aliphatic carbocycles. The van der Waals surface area contributed by atoms with Crippen molar-refractivity contribution in [2.24, 2.45) is 11.8 Å². The van der Waals surface area contributed by atoms with Gasteiger partial charge in [0, 0.05) is 22.6 Å². The lowest BCUT2D eigenvalue weighted by Crippen LogP contribution is -2.30. The second-order valence-electron chi connectivity index (χ2n) is 9.07. The zero-order valence-electron chi connectivity index (χ0n) is 20.7. The Bertz CT molecular complexity index is 968. The van der Waals surface area contributed by atoms with Gasteiger partial charge in [0.2, 0.25) is 0 Å². The highest BCUT2D eigenvalue weighted by Gasteiger charge is 2.41. The number of fused-ring (bicyclic) bond motifs is 1. The van der Waals surface area contributed by atoms with E-state index in [1.807, 2.05) is 27.0 Å². The first kappa shape index (κ1) is 25.0. The first-order valence-corrected chi connectivity index (χ1v) is 11.9. The normalized spacial score (nSPS) is 18.8. The molecule has 0 amide bonds. The van der Waals surface area contributed by atoms with Gasteiger partial charge in [-0.2, -0.15) is 0 Å². The monoisotopic (exact) mass is 421 g/mol. The molecule has 31 heavy (non-hydrogen) atoms. The van der Waals surface area contributed by atoms with E-state index in [2.05, 4.69) is 71.0 Å². The molecular weight excluding hydrogens is 381 g/mol. The van der Waals surface area contributed by atoms with Gasteiger partial charge in [-0.05, 0) is 60.3 Å². The molecule has 0 saturated heterocycles. The molecule has 0 spiro atoms. The van der Waals surface area contributed by atoms with E-state index in [1.54, 1.807) is 6.08 Å². The van der Waals surface area contributed by atoms with Gasteiger partial charge in [-0.3, -0.25) is 4.98 Å².